The largest absolute Gasteiger partial charge is 0.452 e. The SMILES string of the molecule is C[C@@H](OC(=O)CCNC(N)=O)C(=O)Nc1ccc(Cl)cc1. The number of primary amides is 1. The molecule has 0 aliphatic heterocycles. The number of esters is 1. The molecule has 21 heavy (non-hydrogen) atoms. The van der Waals surface area contributed by atoms with Crippen molar-refractivity contribution < 1.29 is 19.1 Å². The highest BCUT2D eigenvalue weighted by Gasteiger charge is 2.17. The molecule has 0 aliphatic carbocycles. The number of amides is 3. The van der Waals surface area contributed by atoms with Gasteiger partial charge in [-0.1, -0.05) is 11.6 Å². The van der Waals surface area contributed by atoms with E-state index in [0.717, 1.165) is 0 Å². The quantitative estimate of drug-likeness (QED) is 0.687. The van der Waals surface area contributed by atoms with Crippen LogP contribution in [0.3, 0.4) is 0 Å². The van der Waals surface area contributed by atoms with Crippen LogP contribution in [-0.2, 0) is 14.3 Å². The van der Waals surface area contributed by atoms with Crippen LogP contribution in [0.5, 0.6) is 0 Å². The van der Waals surface area contributed by atoms with Gasteiger partial charge in [0, 0.05) is 17.3 Å². The molecule has 7 nitrogen and oxygen atoms in total. The summed E-state index contributed by atoms with van der Waals surface area (Å²) in [7, 11) is 0. The van der Waals surface area contributed by atoms with Gasteiger partial charge in [0.1, 0.15) is 0 Å². The Hall–Kier alpha value is -2.28. The highest BCUT2D eigenvalue weighted by molar-refractivity contribution is 6.30. The van der Waals surface area contributed by atoms with E-state index in [2.05, 4.69) is 10.6 Å². The van der Waals surface area contributed by atoms with Gasteiger partial charge in [-0.3, -0.25) is 9.59 Å². The zero-order valence-electron chi connectivity index (χ0n) is 11.4. The van der Waals surface area contributed by atoms with Crippen molar-refractivity contribution in [2.45, 2.75) is 19.4 Å². The third-order valence-corrected chi connectivity index (χ3v) is 2.67. The Labute approximate surface area is 126 Å². The number of benzene rings is 1. The lowest BCUT2D eigenvalue weighted by atomic mass is 10.3. The number of hydrogen-bond donors (Lipinski definition) is 3. The van der Waals surface area contributed by atoms with Gasteiger partial charge in [-0.15, -0.1) is 0 Å². The van der Waals surface area contributed by atoms with E-state index in [0.29, 0.717) is 10.7 Å². The molecule has 0 heterocycles. The Balaban J connectivity index is 2.38. The van der Waals surface area contributed by atoms with Gasteiger partial charge in [0.2, 0.25) is 0 Å². The molecule has 0 spiro atoms. The zero-order chi connectivity index (χ0) is 15.8. The van der Waals surface area contributed by atoms with E-state index in [1.165, 1.54) is 6.92 Å². The number of urea groups is 1. The van der Waals surface area contributed by atoms with E-state index >= 15 is 0 Å². The molecule has 1 atom stereocenters. The minimum Gasteiger partial charge on any atom is -0.452 e. The Kier molecular flexibility index (Phi) is 6.48. The van der Waals surface area contributed by atoms with Crippen molar-refractivity contribution in [3.63, 3.8) is 0 Å². The van der Waals surface area contributed by atoms with Gasteiger partial charge in [0.15, 0.2) is 6.10 Å². The number of rotatable bonds is 6. The molecule has 0 unspecified atom stereocenters. The number of nitrogens with two attached hydrogens (primary N) is 1. The van der Waals surface area contributed by atoms with E-state index in [4.69, 9.17) is 22.1 Å². The van der Waals surface area contributed by atoms with Crippen LogP contribution in [0.25, 0.3) is 0 Å². The number of halogens is 1. The third kappa shape index (κ3) is 6.62. The molecule has 1 aromatic carbocycles. The van der Waals surface area contributed by atoms with Crippen LogP contribution in [0, 0.1) is 0 Å². The number of carbonyl (C=O) groups is 3. The molecule has 114 valence electrons. The molecule has 0 saturated carbocycles. The zero-order valence-corrected chi connectivity index (χ0v) is 12.1. The summed E-state index contributed by atoms with van der Waals surface area (Å²) in [4.78, 5) is 33.7. The summed E-state index contributed by atoms with van der Waals surface area (Å²) in [5.74, 6) is -1.07. The molecule has 0 radical (unpaired) electrons. The van der Waals surface area contributed by atoms with E-state index < -0.39 is 24.0 Å². The maximum Gasteiger partial charge on any atom is 0.312 e. The fourth-order valence-corrected chi connectivity index (χ4v) is 1.50. The van der Waals surface area contributed by atoms with Crippen LogP contribution in [0.4, 0.5) is 10.5 Å². The van der Waals surface area contributed by atoms with Crippen molar-refractivity contribution >= 4 is 35.2 Å². The molecule has 0 bridgehead atoms. The maximum absolute atomic E-state index is 11.8. The van der Waals surface area contributed by atoms with Gasteiger partial charge in [0.05, 0.1) is 6.42 Å². The molecule has 1 aromatic rings. The average molecular weight is 314 g/mol. The lowest BCUT2D eigenvalue weighted by Gasteiger charge is -2.13. The summed E-state index contributed by atoms with van der Waals surface area (Å²) in [6.07, 6.45) is -1.02. The lowest BCUT2D eigenvalue weighted by Crippen LogP contribution is -2.33. The standard InChI is InChI=1S/C13H16ClN3O4/c1-8(21-11(18)6-7-16-13(15)20)12(19)17-10-4-2-9(14)3-5-10/h2-5,8H,6-7H2,1H3,(H,17,19)(H3,15,16,20)/t8-/m1/s1. The van der Waals surface area contributed by atoms with Crippen molar-refractivity contribution in [2.24, 2.45) is 5.73 Å². The fraction of sp³-hybridized carbons (Fsp3) is 0.308. The number of carbonyl (C=O) groups excluding carboxylic acids is 3. The van der Waals surface area contributed by atoms with Crippen LogP contribution < -0.4 is 16.4 Å². The molecule has 1 rings (SSSR count). The minimum absolute atomic E-state index is 0.0552. The lowest BCUT2D eigenvalue weighted by molar-refractivity contribution is -0.153. The monoisotopic (exact) mass is 313 g/mol. The van der Waals surface area contributed by atoms with Gasteiger partial charge in [-0.05, 0) is 31.2 Å². The van der Waals surface area contributed by atoms with Gasteiger partial charge >= 0.3 is 12.0 Å². The third-order valence-electron chi connectivity index (χ3n) is 2.42. The average Bonchev–Trinajstić information content (AvgIpc) is 2.40. The molecular weight excluding hydrogens is 298 g/mol. The second-order valence-corrected chi connectivity index (χ2v) is 4.61. The van der Waals surface area contributed by atoms with Crippen molar-refractivity contribution in [3.05, 3.63) is 29.3 Å². The van der Waals surface area contributed by atoms with Crippen molar-refractivity contribution in [3.8, 4) is 0 Å². The predicted molar refractivity (Wildman–Crippen MR) is 77.8 cm³/mol. The van der Waals surface area contributed by atoms with Crippen LogP contribution in [0.1, 0.15) is 13.3 Å². The minimum atomic E-state index is -0.957. The summed E-state index contributed by atoms with van der Waals surface area (Å²) in [5.41, 5.74) is 5.39. The van der Waals surface area contributed by atoms with E-state index in [9.17, 15) is 14.4 Å². The van der Waals surface area contributed by atoms with Crippen LogP contribution >= 0.6 is 11.6 Å². The first-order valence-electron chi connectivity index (χ1n) is 6.17. The molecule has 8 heteroatoms. The summed E-state index contributed by atoms with van der Waals surface area (Å²) in [6.45, 7) is 1.50. The summed E-state index contributed by atoms with van der Waals surface area (Å²) in [5, 5.41) is 5.38. The summed E-state index contributed by atoms with van der Waals surface area (Å²) in [6, 6.07) is 5.79. The molecule has 4 N–H and O–H groups in total. The van der Waals surface area contributed by atoms with Crippen molar-refractivity contribution in [1.29, 1.82) is 0 Å². The van der Waals surface area contributed by atoms with Gasteiger partial charge < -0.3 is 21.1 Å². The normalized spacial score (nSPS) is 11.3. The van der Waals surface area contributed by atoms with Crippen molar-refractivity contribution in [2.75, 3.05) is 11.9 Å². The highest BCUT2D eigenvalue weighted by atomic mass is 35.5. The summed E-state index contributed by atoms with van der Waals surface area (Å²) < 4.78 is 4.92. The van der Waals surface area contributed by atoms with E-state index in [1.54, 1.807) is 24.3 Å². The highest BCUT2D eigenvalue weighted by Crippen LogP contribution is 2.13. The fourth-order valence-electron chi connectivity index (χ4n) is 1.37. The maximum atomic E-state index is 11.8. The Morgan fingerprint density at radius 3 is 2.48 bits per heavy atom. The first kappa shape index (κ1) is 16.8. The van der Waals surface area contributed by atoms with E-state index in [-0.39, 0.29) is 13.0 Å². The van der Waals surface area contributed by atoms with Gasteiger partial charge in [-0.2, -0.15) is 0 Å². The number of ether oxygens (including phenoxy) is 1. The number of anilines is 1. The van der Waals surface area contributed by atoms with Crippen LogP contribution in [0.2, 0.25) is 5.02 Å². The Morgan fingerprint density at radius 2 is 1.90 bits per heavy atom. The van der Waals surface area contributed by atoms with Crippen molar-refractivity contribution in [1.82, 2.24) is 5.32 Å². The summed E-state index contributed by atoms with van der Waals surface area (Å²) >= 11 is 5.73. The predicted octanol–water partition coefficient (Wildman–Crippen LogP) is 1.27. The molecule has 3 amide bonds. The number of hydrogen-bond acceptors (Lipinski definition) is 4. The molecular formula is C13H16ClN3O4. The Bertz CT molecular complexity index is 519. The first-order valence-corrected chi connectivity index (χ1v) is 6.55. The van der Waals surface area contributed by atoms with Crippen LogP contribution in [-0.4, -0.2) is 30.6 Å². The number of nitrogens with one attached hydrogen (secondary N) is 2. The van der Waals surface area contributed by atoms with Gasteiger partial charge in [-0.25, -0.2) is 4.79 Å². The first-order chi connectivity index (χ1) is 9.88. The smallest absolute Gasteiger partial charge is 0.312 e. The topological polar surface area (TPSA) is 111 Å². The Morgan fingerprint density at radius 1 is 1.29 bits per heavy atom. The molecule has 0 fully saturated rings. The van der Waals surface area contributed by atoms with Crippen LogP contribution in [0.15, 0.2) is 24.3 Å². The molecule has 0 aromatic heterocycles. The second kappa shape index (κ2) is 8.11. The van der Waals surface area contributed by atoms with Gasteiger partial charge in [0.25, 0.3) is 5.91 Å². The second-order valence-electron chi connectivity index (χ2n) is 4.17. The van der Waals surface area contributed by atoms with E-state index in [1.807, 2.05) is 0 Å². The molecule has 0 aliphatic rings. The molecule has 0 saturated heterocycles.